The number of amides is 1. The highest BCUT2D eigenvalue weighted by molar-refractivity contribution is 5.86. The number of ether oxygens (including phenoxy) is 1. The molecule has 1 aromatic rings. The molecule has 2 unspecified atom stereocenters. The molecule has 4 heteroatoms. The first-order chi connectivity index (χ1) is 8.62. The lowest BCUT2D eigenvalue weighted by Crippen LogP contribution is -2.55. The van der Waals surface area contributed by atoms with Gasteiger partial charge in [-0.1, -0.05) is 37.3 Å². The van der Waals surface area contributed by atoms with Gasteiger partial charge in [0.1, 0.15) is 5.54 Å². The lowest BCUT2D eigenvalue weighted by atomic mass is 9.97. The summed E-state index contributed by atoms with van der Waals surface area (Å²) in [4.78, 5) is 12.0. The third-order valence-electron chi connectivity index (χ3n) is 3.44. The molecule has 1 saturated heterocycles. The van der Waals surface area contributed by atoms with E-state index in [0.717, 1.165) is 0 Å². The van der Waals surface area contributed by atoms with Gasteiger partial charge in [-0.3, -0.25) is 4.79 Å². The fourth-order valence-corrected chi connectivity index (χ4v) is 2.08. The Morgan fingerprint density at radius 3 is 2.83 bits per heavy atom. The number of rotatable bonds is 4. The molecule has 0 saturated carbocycles. The van der Waals surface area contributed by atoms with Crippen LogP contribution in [0.15, 0.2) is 30.3 Å². The minimum Gasteiger partial charge on any atom is -0.379 e. The zero-order chi connectivity index (χ0) is 13.0. The van der Waals surface area contributed by atoms with Gasteiger partial charge in [0, 0.05) is 13.2 Å². The average molecular weight is 248 g/mol. The zero-order valence-corrected chi connectivity index (χ0v) is 10.7. The van der Waals surface area contributed by atoms with Gasteiger partial charge in [-0.2, -0.15) is 0 Å². The van der Waals surface area contributed by atoms with E-state index < -0.39 is 5.54 Å². The molecule has 4 nitrogen and oxygen atoms in total. The van der Waals surface area contributed by atoms with Crippen molar-refractivity contribution in [2.24, 2.45) is 5.73 Å². The second-order valence-corrected chi connectivity index (χ2v) is 4.98. The van der Waals surface area contributed by atoms with Crippen molar-refractivity contribution in [1.29, 1.82) is 0 Å². The van der Waals surface area contributed by atoms with E-state index in [-0.39, 0.29) is 11.8 Å². The van der Waals surface area contributed by atoms with Gasteiger partial charge in [0.25, 0.3) is 0 Å². The number of nitrogens with one attached hydrogen (secondary N) is 1. The van der Waals surface area contributed by atoms with Crippen molar-refractivity contribution in [1.82, 2.24) is 5.32 Å². The molecule has 1 amide bonds. The molecule has 0 radical (unpaired) electrons. The highest BCUT2D eigenvalue weighted by Gasteiger charge is 2.38. The van der Waals surface area contributed by atoms with E-state index in [1.165, 1.54) is 5.56 Å². The Bertz CT molecular complexity index is 400. The van der Waals surface area contributed by atoms with E-state index >= 15 is 0 Å². The largest absolute Gasteiger partial charge is 0.379 e. The molecule has 98 valence electrons. The summed E-state index contributed by atoms with van der Waals surface area (Å²) >= 11 is 0. The van der Waals surface area contributed by atoms with Crippen LogP contribution in [-0.4, -0.2) is 31.2 Å². The van der Waals surface area contributed by atoms with Gasteiger partial charge in [0.05, 0.1) is 6.61 Å². The van der Waals surface area contributed by atoms with E-state index in [2.05, 4.69) is 24.4 Å². The second-order valence-electron chi connectivity index (χ2n) is 4.98. The van der Waals surface area contributed by atoms with Gasteiger partial charge in [-0.15, -0.1) is 0 Å². The Morgan fingerprint density at radius 2 is 2.22 bits per heavy atom. The van der Waals surface area contributed by atoms with Crippen molar-refractivity contribution in [3.8, 4) is 0 Å². The third kappa shape index (κ3) is 2.89. The summed E-state index contributed by atoms with van der Waals surface area (Å²) in [5, 5.41) is 2.92. The zero-order valence-electron chi connectivity index (χ0n) is 10.7. The van der Waals surface area contributed by atoms with Gasteiger partial charge in [-0.05, 0) is 17.9 Å². The molecule has 3 N–H and O–H groups in total. The van der Waals surface area contributed by atoms with Crippen LogP contribution in [0.4, 0.5) is 0 Å². The monoisotopic (exact) mass is 248 g/mol. The quantitative estimate of drug-likeness (QED) is 0.836. The molecule has 2 rings (SSSR count). The van der Waals surface area contributed by atoms with Crippen LogP contribution in [0.5, 0.6) is 0 Å². The molecule has 1 heterocycles. The molecule has 1 aromatic carbocycles. The van der Waals surface area contributed by atoms with Gasteiger partial charge in [0.15, 0.2) is 0 Å². The van der Waals surface area contributed by atoms with Crippen molar-refractivity contribution in [3.05, 3.63) is 35.9 Å². The van der Waals surface area contributed by atoms with Crippen molar-refractivity contribution >= 4 is 5.91 Å². The van der Waals surface area contributed by atoms with Crippen molar-refractivity contribution in [3.63, 3.8) is 0 Å². The molecule has 0 spiro atoms. The van der Waals surface area contributed by atoms with Crippen LogP contribution in [0.25, 0.3) is 0 Å². The Kier molecular flexibility index (Phi) is 3.99. The fourth-order valence-electron chi connectivity index (χ4n) is 2.08. The van der Waals surface area contributed by atoms with Crippen LogP contribution in [0.1, 0.15) is 24.8 Å². The molecule has 0 aliphatic carbocycles. The van der Waals surface area contributed by atoms with Gasteiger partial charge in [-0.25, -0.2) is 0 Å². The molecule has 1 aliphatic heterocycles. The Balaban J connectivity index is 1.86. The van der Waals surface area contributed by atoms with Crippen molar-refractivity contribution < 1.29 is 9.53 Å². The highest BCUT2D eigenvalue weighted by Crippen LogP contribution is 2.17. The van der Waals surface area contributed by atoms with E-state index in [9.17, 15) is 4.79 Å². The highest BCUT2D eigenvalue weighted by atomic mass is 16.5. The number of hydrogen-bond donors (Lipinski definition) is 2. The Morgan fingerprint density at radius 1 is 1.50 bits per heavy atom. The molecular formula is C14H20N2O2. The van der Waals surface area contributed by atoms with Crippen LogP contribution < -0.4 is 11.1 Å². The minimum atomic E-state index is -0.837. The maximum absolute atomic E-state index is 12.0. The lowest BCUT2D eigenvalue weighted by Gasteiger charge is -2.22. The summed E-state index contributed by atoms with van der Waals surface area (Å²) in [7, 11) is 0. The van der Waals surface area contributed by atoms with Crippen molar-refractivity contribution in [2.45, 2.75) is 24.8 Å². The molecule has 0 aromatic heterocycles. The molecule has 2 atom stereocenters. The minimum absolute atomic E-state index is 0.109. The van der Waals surface area contributed by atoms with Crippen LogP contribution in [0, 0.1) is 0 Å². The summed E-state index contributed by atoms with van der Waals surface area (Å²) in [5.41, 5.74) is 6.37. The SMILES string of the molecule is CC(CNC(=O)C1(N)CCOC1)c1ccccc1. The van der Waals surface area contributed by atoms with E-state index in [1.54, 1.807) is 0 Å². The molecule has 1 aliphatic rings. The molecule has 1 fully saturated rings. The van der Waals surface area contributed by atoms with Crippen molar-refractivity contribution in [2.75, 3.05) is 19.8 Å². The van der Waals surface area contributed by atoms with Gasteiger partial charge in [0.2, 0.25) is 5.91 Å². The van der Waals surface area contributed by atoms with E-state index in [0.29, 0.717) is 26.2 Å². The summed E-state index contributed by atoms with van der Waals surface area (Å²) in [5.74, 6) is 0.170. The third-order valence-corrected chi connectivity index (χ3v) is 3.44. The predicted molar refractivity (Wildman–Crippen MR) is 70.2 cm³/mol. The van der Waals surface area contributed by atoms with E-state index in [1.807, 2.05) is 18.2 Å². The Labute approximate surface area is 108 Å². The van der Waals surface area contributed by atoms with Crippen LogP contribution in [-0.2, 0) is 9.53 Å². The molecule has 18 heavy (non-hydrogen) atoms. The summed E-state index contributed by atoms with van der Waals surface area (Å²) < 4.78 is 5.19. The number of nitrogens with two attached hydrogens (primary N) is 1. The summed E-state index contributed by atoms with van der Waals surface area (Å²) in [6, 6.07) is 10.1. The number of benzene rings is 1. The van der Waals surface area contributed by atoms with Crippen LogP contribution in [0.3, 0.4) is 0 Å². The maximum atomic E-state index is 12.0. The lowest BCUT2D eigenvalue weighted by molar-refractivity contribution is -0.126. The first-order valence-corrected chi connectivity index (χ1v) is 6.32. The topological polar surface area (TPSA) is 64.4 Å². The van der Waals surface area contributed by atoms with Gasteiger partial charge >= 0.3 is 0 Å². The van der Waals surface area contributed by atoms with Crippen LogP contribution in [0.2, 0.25) is 0 Å². The summed E-state index contributed by atoms with van der Waals surface area (Å²) in [6.07, 6.45) is 0.596. The fraction of sp³-hybridized carbons (Fsp3) is 0.500. The van der Waals surface area contributed by atoms with E-state index in [4.69, 9.17) is 10.5 Å². The smallest absolute Gasteiger partial charge is 0.242 e. The second kappa shape index (κ2) is 5.50. The molecule has 0 bridgehead atoms. The number of hydrogen-bond acceptors (Lipinski definition) is 3. The average Bonchev–Trinajstić information content (AvgIpc) is 2.85. The standard InChI is InChI=1S/C14H20N2O2/c1-11(12-5-3-2-4-6-12)9-16-13(17)14(15)7-8-18-10-14/h2-6,11H,7-10,15H2,1H3,(H,16,17). The maximum Gasteiger partial charge on any atom is 0.242 e. The normalized spacial score (nSPS) is 24.8. The molecular weight excluding hydrogens is 228 g/mol. The first-order valence-electron chi connectivity index (χ1n) is 6.32. The summed E-state index contributed by atoms with van der Waals surface area (Å²) in [6.45, 7) is 3.57. The first kappa shape index (κ1) is 13.1. The van der Waals surface area contributed by atoms with Gasteiger partial charge < -0.3 is 15.8 Å². The number of carbonyl (C=O) groups excluding carboxylic acids is 1. The van der Waals surface area contributed by atoms with Crippen LogP contribution >= 0.6 is 0 Å². The number of carbonyl (C=O) groups is 1. The Hall–Kier alpha value is -1.39. The predicted octanol–water partition coefficient (Wildman–Crippen LogP) is 1.02.